The molecule has 1 N–H and O–H groups in total. The molecule has 0 saturated carbocycles. The molecule has 7 nitrogen and oxygen atoms in total. The summed E-state index contributed by atoms with van der Waals surface area (Å²) in [5, 5.41) is 8.09. The van der Waals surface area contributed by atoms with E-state index in [2.05, 4.69) is 55.3 Å². The molecule has 1 aliphatic heterocycles. The van der Waals surface area contributed by atoms with E-state index in [0.717, 1.165) is 55.2 Å². The minimum absolute atomic E-state index is 0.132. The summed E-state index contributed by atoms with van der Waals surface area (Å²) in [4.78, 5) is 20.6. The Hall–Kier alpha value is -3.71. The number of piperidine rings is 1. The highest BCUT2D eigenvalue weighted by Crippen LogP contribution is 2.28. The number of benzene rings is 2. The van der Waals surface area contributed by atoms with Gasteiger partial charge >= 0.3 is 0 Å². The van der Waals surface area contributed by atoms with Crippen molar-refractivity contribution in [2.75, 3.05) is 20.2 Å². The topological polar surface area (TPSA) is 71.8 Å². The molecule has 3 heterocycles. The first-order chi connectivity index (χ1) is 17.8. The number of nitrogens with zero attached hydrogens (tertiary/aromatic N) is 4. The average Bonchev–Trinajstić information content (AvgIpc) is 3.35. The lowest BCUT2D eigenvalue weighted by Crippen LogP contribution is -2.44. The Balaban J connectivity index is 1.37. The van der Waals surface area contributed by atoms with E-state index in [4.69, 9.17) is 14.8 Å². The van der Waals surface area contributed by atoms with Gasteiger partial charge in [0.05, 0.1) is 18.5 Å². The molecule has 7 heteroatoms. The summed E-state index contributed by atoms with van der Waals surface area (Å²) in [5.41, 5.74) is 4.89. The van der Waals surface area contributed by atoms with E-state index in [1.54, 1.807) is 7.11 Å². The van der Waals surface area contributed by atoms with Gasteiger partial charge in [0.15, 0.2) is 5.65 Å². The van der Waals surface area contributed by atoms with Crippen LogP contribution in [0.5, 0.6) is 5.75 Å². The van der Waals surface area contributed by atoms with Gasteiger partial charge in [-0.2, -0.15) is 5.10 Å². The minimum atomic E-state index is -0.147. The molecule has 37 heavy (non-hydrogen) atoms. The van der Waals surface area contributed by atoms with Gasteiger partial charge in [-0.05, 0) is 36.6 Å². The second-order valence-electron chi connectivity index (χ2n) is 10.8. The smallest absolute Gasteiger partial charge is 0.270 e. The second kappa shape index (κ2) is 10.3. The summed E-state index contributed by atoms with van der Waals surface area (Å²) in [7, 11) is 1.65. The fourth-order valence-electron chi connectivity index (χ4n) is 4.78. The number of carbonyl (C=O) groups excluding carboxylic acids is 1. The Morgan fingerprint density at radius 2 is 1.78 bits per heavy atom. The number of methoxy groups -OCH3 is 1. The van der Waals surface area contributed by atoms with E-state index >= 15 is 0 Å². The van der Waals surface area contributed by atoms with Gasteiger partial charge in [0.1, 0.15) is 11.4 Å². The van der Waals surface area contributed by atoms with Gasteiger partial charge in [-0.3, -0.25) is 9.69 Å². The van der Waals surface area contributed by atoms with E-state index in [1.165, 1.54) is 5.56 Å². The number of likely N-dealkylation sites (tertiary alicyclic amines) is 1. The fraction of sp³-hybridized carbons (Fsp3) is 0.367. The third kappa shape index (κ3) is 5.67. The van der Waals surface area contributed by atoms with E-state index in [-0.39, 0.29) is 17.4 Å². The van der Waals surface area contributed by atoms with Gasteiger partial charge in [-0.1, -0.05) is 63.2 Å². The summed E-state index contributed by atoms with van der Waals surface area (Å²) in [6.45, 7) is 9.23. The molecule has 0 unspecified atom stereocenters. The van der Waals surface area contributed by atoms with Crippen LogP contribution in [0.25, 0.3) is 16.9 Å². The molecule has 0 bridgehead atoms. The van der Waals surface area contributed by atoms with Gasteiger partial charge in [0.25, 0.3) is 5.91 Å². The van der Waals surface area contributed by atoms with Crippen LogP contribution in [0.3, 0.4) is 0 Å². The molecule has 4 aromatic rings. The number of carbonyl (C=O) groups is 1. The summed E-state index contributed by atoms with van der Waals surface area (Å²) >= 11 is 0. The zero-order valence-corrected chi connectivity index (χ0v) is 22.1. The average molecular weight is 498 g/mol. The Kier molecular flexibility index (Phi) is 6.98. The summed E-state index contributed by atoms with van der Waals surface area (Å²) < 4.78 is 7.27. The van der Waals surface area contributed by atoms with Crippen LogP contribution in [0.4, 0.5) is 0 Å². The van der Waals surface area contributed by atoms with Crippen molar-refractivity contribution in [2.24, 2.45) is 0 Å². The molecule has 5 rings (SSSR count). The molecule has 1 aliphatic rings. The first-order valence-electron chi connectivity index (χ1n) is 12.9. The molecule has 0 aliphatic carbocycles. The van der Waals surface area contributed by atoms with Crippen molar-refractivity contribution in [3.8, 4) is 17.0 Å². The third-order valence-corrected chi connectivity index (χ3v) is 6.97. The van der Waals surface area contributed by atoms with Crippen LogP contribution in [-0.2, 0) is 12.0 Å². The van der Waals surface area contributed by atoms with Crippen LogP contribution in [0, 0.1) is 0 Å². The highest BCUT2D eigenvalue weighted by Gasteiger charge is 2.24. The van der Waals surface area contributed by atoms with E-state index in [1.807, 2.05) is 47.0 Å². The Morgan fingerprint density at radius 3 is 2.49 bits per heavy atom. The van der Waals surface area contributed by atoms with Crippen LogP contribution in [0.1, 0.15) is 55.4 Å². The molecule has 0 radical (unpaired) electrons. The van der Waals surface area contributed by atoms with Crippen LogP contribution >= 0.6 is 0 Å². The van der Waals surface area contributed by atoms with Crippen molar-refractivity contribution in [2.45, 2.75) is 51.6 Å². The number of amides is 1. The summed E-state index contributed by atoms with van der Waals surface area (Å²) in [6, 6.07) is 22.3. The number of fused-ring (bicyclic) bond motifs is 1. The Morgan fingerprint density at radius 1 is 1.03 bits per heavy atom. The normalized spacial score (nSPS) is 15.1. The second-order valence-corrected chi connectivity index (χ2v) is 10.8. The predicted molar refractivity (Wildman–Crippen MR) is 146 cm³/mol. The first-order valence-corrected chi connectivity index (χ1v) is 12.9. The molecule has 1 amide bonds. The molecule has 1 saturated heterocycles. The van der Waals surface area contributed by atoms with Crippen LogP contribution in [0.2, 0.25) is 0 Å². The molecule has 2 aromatic carbocycles. The number of ether oxygens (including phenoxy) is 1. The molecular weight excluding hydrogens is 462 g/mol. The number of nitrogens with one attached hydrogen (secondary N) is 1. The van der Waals surface area contributed by atoms with E-state index in [9.17, 15) is 4.79 Å². The first kappa shape index (κ1) is 25.0. The maximum atomic E-state index is 13.4. The highest BCUT2D eigenvalue weighted by molar-refractivity contribution is 5.94. The lowest BCUT2D eigenvalue weighted by molar-refractivity contribution is 0.0904. The van der Waals surface area contributed by atoms with Gasteiger partial charge in [-0.15, -0.1) is 0 Å². The zero-order chi connectivity index (χ0) is 26.0. The number of rotatable bonds is 6. The quantitative estimate of drug-likeness (QED) is 0.401. The van der Waals surface area contributed by atoms with Gasteiger partial charge in [0, 0.05) is 42.7 Å². The van der Waals surface area contributed by atoms with Crippen LogP contribution in [0.15, 0.2) is 66.7 Å². The Bertz CT molecular complexity index is 1380. The third-order valence-electron chi connectivity index (χ3n) is 6.97. The summed E-state index contributed by atoms with van der Waals surface area (Å²) in [5.74, 6) is 0.602. The van der Waals surface area contributed by atoms with Crippen molar-refractivity contribution >= 4 is 11.6 Å². The predicted octanol–water partition coefficient (Wildman–Crippen LogP) is 5.10. The largest absolute Gasteiger partial charge is 0.497 e. The van der Waals surface area contributed by atoms with E-state index in [0.29, 0.717) is 11.3 Å². The standard InChI is InChI=1S/C30H35N5O2/c1-30(2,3)27-19-28-32-25(18-26(35(28)33-27)22-11-8-12-24(17-22)37-4)29(36)31-23-13-15-34(16-14-23)20-21-9-6-5-7-10-21/h5-12,17-19,23H,13-16,20H2,1-4H3,(H,31,36). The molecule has 0 atom stereocenters. The number of hydrogen-bond donors (Lipinski definition) is 1. The molecule has 2 aromatic heterocycles. The van der Waals surface area contributed by atoms with Crippen molar-refractivity contribution in [3.63, 3.8) is 0 Å². The minimum Gasteiger partial charge on any atom is -0.497 e. The zero-order valence-electron chi connectivity index (χ0n) is 22.1. The monoisotopic (exact) mass is 497 g/mol. The molecule has 1 fully saturated rings. The SMILES string of the molecule is COc1cccc(-c2cc(C(=O)NC3CCN(Cc4ccccc4)CC3)nc3cc(C(C)(C)C)nn23)c1. The highest BCUT2D eigenvalue weighted by atomic mass is 16.5. The van der Waals surface area contributed by atoms with Crippen molar-refractivity contribution in [3.05, 3.63) is 83.7 Å². The lowest BCUT2D eigenvalue weighted by Gasteiger charge is -2.32. The van der Waals surface area contributed by atoms with Crippen molar-refractivity contribution in [1.29, 1.82) is 0 Å². The van der Waals surface area contributed by atoms with Gasteiger partial charge < -0.3 is 10.1 Å². The van der Waals surface area contributed by atoms with Crippen molar-refractivity contribution < 1.29 is 9.53 Å². The lowest BCUT2D eigenvalue weighted by atomic mass is 9.93. The summed E-state index contributed by atoms with van der Waals surface area (Å²) in [6.07, 6.45) is 1.84. The molecular formula is C30H35N5O2. The maximum absolute atomic E-state index is 13.4. The van der Waals surface area contributed by atoms with Crippen LogP contribution < -0.4 is 10.1 Å². The van der Waals surface area contributed by atoms with Gasteiger partial charge in [-0.25, -0.2) is 9.50 Å². The fourth-order valence-corrected chi connectivity index (χ4v) is 4.78. The number of hydrogen-bond acceptors (Lipinski definition) is 5. The number of aromatic nitrogens is 3. The maximum Gasteiger partial charge on any atom is 0.270 e. The molecule has 0 spiro atoms. The van der Waals surface area contributed by atoms with Gasteiger partial charge in [0.2, 0.25) is 0 Å². The van der Waals surface area contributed by atoms with Crippen LogP contribution in [-0.4, -0.2) is 51.6 Å². The Labute approximate surface area is 218 Å². The van der Waals surface area contributed by atoms with Crippen molar-refractivity contribution in [1.82, 2.24) is 24.8 Å². The van der Waals surface area contributed by atoms with E-state index < -0.39 is 0 Å². The molecule has 192 valence electrons.